The summed E-state index contributed by atoms with van der Waals surface area (Å²) in [5.74, 6) is 1.93. The lowest BCUT2D eigenvalue weighted by atomic mass is 9.99. The van der Waals surface area contributed by atoms with E-state index in [0.29, 0.717) is 11.7 Å². The van der Waals surface area contributed by atoms with E-state index in [2.05, 4.69) is 40.9 Å². The molecule has 1 atom stereocenters. The highest BCUT2D eigenvalue weighted by Gasteiger charge is 2.05. The van der Waals surface area contributed by atoms with Crippen molar-refractivity contribution < 1.29 is 4.74 Å². The van der Waals surface area contributed by atoms with Crippen LogP contribution in [0.1, 0.15) is 37.6 Å². The zero-order valence-electron chi connectivity index (χ0n) is 11.7. The van der Waals surface area contributed by atoms with Gasteiger partial charge in [-0.05, 0) is 30.0 Å². The van der Waals surface area contributed by atoms with Gasteiger partial charge in [0.15, 0.2) is 5.82 Å². The molecule has 6 heteroatoms. The maximum Gasteiger partial charge on any atom is 0.225 e. The van der Waals surface area contributed by atoms with E-state index in [0.717, 1.165) is 12.2 Å². The molecule has 0 spiro atoms. The average Bonchev–Trinajstić information content (AvgIpc) is 2.44. The Hall–Kier alpha value is -2.37. The van der Waals surface area contributed by atoms with Crippen molar-refractivity contribution in [3.8, 4) is 5.75 Å². The molecule has 0 saturated carbocycles. The van der Waals surface area contributed by atoms with E-state index in [1.165, 1.54) is 5.56 Å². The van der Waals surface area contributed by atoms with Gasteiger partial charge in [-0.25, -0.2) is 0 Å². The van der Waals surface area contributed by atoms with Crippen molar-refractivity contribution in [1.29, 1.82) is 0 Å². The SMILES string of the molecule is CC[C@H](C)c1ccc(OCc2nc(N)nc(N)n2)cc1. The third-order valence-corrected chi connectivity index (χ3v) is 3.15. The minimum atomic E-state index is 0.100. The minimum absolute atomic E-state index is 0.100. The first-order valence-corrected chi connectivity index (χ1v) is 6.57. The number of hydrogen-bond donors (Lipinski definition) is 2. The van der Waals surface area contributed by atoms with Crippen LogP contribution < -0.4 is 16.2 Å². The fourth-order valence-electron chi connectivity index (χ4n) is 1.80. The molecule has 0 unspecified atom stereocenters. The van der Waals surface area contributed by atoms with E-state index in [1.807, 2.05) is 12.1 Å². The van der Waals surface area contributed by atoms with Crippen LogP contribution in [0, 0.1) is 0 Å². The Bertz CT molecular complexity index is 550. The van der Waals surface area contributed by atoms with Crippen LogP contribution in [-0.2, 0) is 6.61 Å². The third kappa shape index (κ3) is 3.57. The summed E-state index contributed by atoms with van der Waals surface area (Å²) >= 11 is 0. The molecule has 1 aromatic heterocycles. The quantitative estimate of drug-likeness (QED) is 0.865. The lowest BCUT2D eigenvalue weighted by molar-refractivity contribution is 0.295. The summed E-state index contributed by atoms with van der Waals surface area (Å²) in [5.41, 5.74) is 12.3. The van der Waals surface area contributed by atoms with Crippen LogP contribution in [0.15, 0.2) is 24.3 Å². The van der Waals surface area contributed by atoms with Gasteiger partial charge in [0.25, 0.3) is 0 Å². The van der Waals surface area contributed by atoms with Crippen LogP contribution in [-0.4, -0.2) is 15.0 Å². The van der Waals surface area contributed by atoms with Crippen LogP contribution in [0.5, 0.6) is 5.75 Å². The first-order valence-electron chi connectivity index (χ1n) is 6.57. The summed E-state index contributed by atoms with van der Waals surface area (Å²) in [6, 6.07) is 8.02. The average molecular weight is 273 g/mol. The third-order valence-electron chi connectivity index (χ3n) is 3.15. The molecule has 0 saturated heterocycles. The van der Waals surface area contributed by atoms with E-state index in [1.54, 1.807) is 0 Å². The molecule has 2 rings (SSSR count). The van der Waals surface area contributed by atoms with Gasteiger partial charge in [0.05, 0.1) is 0 Å². The van der Waals surface area contributed by atoms with Gasteiger partial charge in [-0.1, -0.05) is 26.0 Å². The molecule has 1 heterocycles. The topological polar surface area (TPSA) is 99.9 Å². The van der Waals surface area contributed by atoms with Crippen LogP contribution >= 0.6 is 0 Å². The van der Waals surface area contributed by atoms with E-state index in [9.17, 15) is 0 Å². The van der Waals surface area contributed by atoms with Crippen LogP contribution in [0.2, 0.25) is 0 Å². The molecule has 0 fully saturated rings. The second-order valence-corrected chi connectivity index (χ2v) is 4.64. The van der Waals surface area contributed by atoms with Crippen LogP contribution in [0.4, 0.5) is 11.9 Å². The fraction of sp³-hybridized carbons (Fsp3) is 0.357. The highest BCUT2D eigenvalue weighted by Crippen LogP contribution is 2.21. The second kappa shape index (κ2) is 6.18. The smallest absolute Gasteiger partial charge is 0.225 e. The number of ether oxygens (including phenoxy) is 1. The maximum absolute atomic E-state index is 5.61. The normalized spacial score (nSPS) is 12.1. The fourth-order valence-corrected chi connectivity index (χ4v) is 1.80. The summed E-state index contributed by atoms with van der Waals surface area (Å²) in [5, 5.41) is 0. The molecule has 106 valence electrons. The molecule has 0 amide bonds. The number of anilines is 2. The molecule has 1 aromatic carbocycles. The van der Waals surface area contributed by atoms with Crippen molar-refractivity contribution in [2.75, 3.05) is 11.5 Å². The lowest BCUT2D eigenvalue weighted by Gasteiger charge is -2.10. The van der Waals surface area contributed by atoms with Gasteiger partial charge in [0.2, 0.25) is 11.9 Å². The molecule has 0 aliphatic rings. The number of nitrogens with two attached hydrogens (primary N) is 2. The molecule has 2 aromatic rings. The predicted molar refractivity (Wildman–Crippen MR) is 78.1 cm³/mol. The molecule has 0 radical (unpaired) electrons. The van der Waals surface area contributed by atoms with E-state index < -0.39 is 0 Å². The van der Waals surface area contributed by atoms with Gasteiger partial charge >= 0.3 is 0 Å². The highest BCUT2D eigenvalue weighted by molar-refractivity contribution is 5.29. The lowest BCUT2D eigenvalue weighted by Crippen LogP contribution is -2.09. The van der Waals surface area contributed by atoms with Crippen molar-refractivity contribution >= 4 is 11.9 Å². The van der Waals surface area contributed by atoms with Crippen molar-refractivity contribution in [3.05, 3.63) is 35.7 Å². The highest BCUT2D eigenvalue weighted by atomic mass is 16.5. The molecule has 6 nitrogen and oxygen atoms in total. The minimum Gasteiger partial charge on any atom is -0.486 e. The number of rotatable bonds is 5. The number of nitrogens with zero attached hydrogens (tertiary/aromatic N) is 3. The first kappa shape index (κ1) is 14.0. The zero-order chi connectivity index (χ0) is 14.5. The molecule has 0 aliphatic heterocycles. The van der Waals surface area contributed by atoms with Crippen molar-refractivity contribution in [2.24, 2.45) is 0 Å². The predicted octanol–water partition coefficient (Wildman–Crippen LogP) is 2.13. The number of nitrogen functional groups attached to an aromatic ring is 2. The Kier molecular flexibility index (Phi) is 4.34. The Morgan fingerprint density at radius 1 is 1.05 bits per heavy atom. The van der Waals surface area contributed by atoms with Crippen LogP contribution in [0.25, 0.3) is 0 Å². The summed E-state index contributed by atoms with van der Waals surface area (Å²) in [7, 11) is 0. The van der Waals surface area contributed by atoms with Crippen LogP contribution in [0.3, 0.4) is 0 Å². The molecular weight excluding hydrogens is 254 g/mol. The second-order valence-electron chi connectivity index (χ2n) is 4.64. The van der Waals surface area contributed by atoms with E-state index in [-0.39, 0.29) is 18.5 Å². The Morgan fingerprint density at radius 3 is 2.20 bits per heavy atom. The zero-order valence-corrected chi connectivity index (χ0v) is 11.7. The van der Waals surface area contributed by atoms with Crippen molar-refractivity contribution in [2.45, 2.75) is 32.8 Å². The maximum atomic E-state index is 5.61. The van der Waals surface area contributed by atoms with Gasteiger partial charge in [0.1, 0.15) is 12.4 Å². The Balaban J connectivity index is 2.00. The number of aromatic nitrogens is 3. The molecule has 20 heavy (non-hydrogen) atoms. The summed E-state index contributed by atoms with van der Waals surface area (Å²) < 4.78 is 5.61. The summed E-state index contributed by atoms with van der Waals surface area (Å²) in [4.78, 5) is 11.6. The number of hydrogen-bond acceptors (Lipinski definition) is 6. The summed E-state index contributed by atoms with van der Waals surface area (Å²) in [6.45, 7) is 4.58. The first-order chi connectivity index (χ1) is 9.58. The van der Waals surface area contributed by atoms with E-state index >= 15 is 0 Å². The van der Waals surface area contributed by atoms with Crippen molar-refractivity contribution in [1.82, 2.24) is 15.0 Å². The van der Waals surface area contributed by atoms with Crippen molar-refractivity contribution in [3.63, 3.8) is 0 Å². The van der Waals surface area contributed by atoms with E-state index in [4.69, 9.17) is 16.2 Å². The molecule has 4 N–H and O–H groups in total. The van der Waals surface area contributed by atoms with Gasteiger partial charge in [-0.15, -0.1) is 0 Å². The number of benzene rings is 1. The Morgan fingerprint density at radius 2 is 1.65 bits per heavy atom. The standard InChI is InChI=1S/C14H19N5O/c1-3-9(2)10-4-6-11(7-5-10)20-8-12-17-13(15)19-14(16)18-12/h4-7,9H,3,8H2,1-2H3,(H4,15,16,17,18,19)/t9-/m0/s1. The Labute approximate surface area is 118 Å². The van der Waals surface area contributed by atoms with Gasteiger partial charge < -0.3 is 16.2 Å². The van der Waals surface area contributed by atoms with Gasteiger partial charge in [0, 0.05) is 0 Å². The largest absolute Gasteiger partial charge is 0.486 e. The molecule has 0 bridgehead atoms. The molecule has 0 aliphatic carbocycles. The monoisotopic (exact) mass is 273 g/mol. The van der Waals surface area contributed by atoms with Gasteiger partial charge in [-0.2, -0.15) is 15.0 Å². The molecular formula is C14H19N5O. The van der Waals surface area contributed by atoms with Gasteiger partial charge in [-0.3, -0.25) is 0 Å². The summed E-state index contributed by atoms with van der Waals surface area (Å²) in [6.07, 6.45) is 1.11.